The summed E-state index contributed by atoms with van der Waals surface area (Å²) in [7, 11) is 1.62. The fraction of sp³-hybridized carbons (Fsp3) is 0.538. The van der Waals surface area contributed by atoms with E-state index in [0.717, 1.165) is 38.5 Å². The van der Waals surface area contributed by atoms with Crippen LogP contribution in [0.1, 0.15) is 0 Å². The molecule has 0 bridgehead atoms. The second kappa shape index (κ2) is 10.4. The molecule has 1 aliphatic rings. The minimum absolute atomic E-state index is 0. The van der Waals surface area contributed by atoms with E-state index >= 15 is 0 Å². The highest BCUT2D eigenvalue weighted by molar-refractivity contribution is 6.32. The lowest BCUT2D eigenvalue weighted by Gasteiger charge is -2.27. The van der Waals surface area contributed by atoms with Crippen LogP contribution in [-0.2, 0) is 0 Å². The van der Waals surface area contributed by atoms with Crippen molar-refractivity contribution in [2.24, 2.45) is 0 Å². The molecular weight excluding hydrogens is 323 g/mol. The molecule has 0 radical (unpaired) electrons. The van der Waals surface area contributed by atoms with Crippen LogP contribution >= 0.6 is 36.4 Å². The van der Waals surface area contributed by atoms with Gasteiger partial charge in [-0.15, -0.1) is 24.8 Å². The SMILES string of the molecule is COc1ccc(OCCN2CCNCC2)c(Cl)c1.Cl.Cl. The fourth-order valence-electron chi connectivity index (χ4n) is 1.95. The molecule has 0 saturated carbocycles. The first-order valence-electron chi connectivity index (χ1n) is 6.19. The predicted octanol–water partition coefficient (Wildman–Crippen LogP) is 2.48. The van der Waals surface area contributed by atoms with Gasteiger partial charge in [-0.05, 0) is 12.1 Å². The minimum atomic E-state index is 0. The monoisotopic (exact) mass is 342 g/mol. The lowest BCUT2D eigenvalue weighted by molar-refractivity contribution is 0.191. The maximum atomic E-state index is 6.10. The van der Waals surface area contributed by atoms with Crippen LogP contribution in [0, 0.1) is 0 Å². The zero-order valence-electron chi connectivity index (χ0n) is 11.4. The van der Waals surface area contributed by atoms with Crippen molar-refractivity contribution in [3.63, 3.8) is 0 Å². The number of halogens is 3. The smallest absolute Gasteiger partial charge is 0.138 e. The lowest BCUT2D eigenvalue weighted by Crippen LogP contribution is -2.44. The second-order valence-electron chi connectivity index (χ2n) is 4.24. The summed E-state index contributed by atoms with van der Waals surface area (Å²) < 4.78 is 10.8. The van der Waals surface area contributed by atoms with Crippen molar-refractivity contribution in [3.8, 4) is 11.5 Å². The maximum Gasteiger partial charge on any atom is 0.138 e. The molecular formula is C13H21Cl3N2O2. The number of rotatable bonds is 5. The van der Waals surface area contributed by atoms with Crippen molar-refractivity contribution in [2.75, 3.05) is 46.4 Å². The highest BCUT2D eigenvalue weighted by Gasteiger charge is 2.09. The highest BCUT2D eigenvalue weighted by atomic mass is 35.5. The quantitative estimate of drug-likeness (QED) is 0.890. The normalized spacial score (nSPS) is 14.9. The minimum Gasteiger partial charge on any atom is -0.497 e. The Balaban J connectivity index is 0.00000180. The molecule has 0 aromatic heterocycles. The molecule has 1 heterocycles. The van der Waals surface area contributed by atoms with Crippen LogP contribution in [0.3, 0.4) is 0 Å². The van der Waals surface area contributed by atoms with Gasteiger partial charge in [-0.25, -0.2) is 0 Å². The van der Waals surface area contributed by atoms with Gasteiger partial charge >= 0.3 is 0 Å². The summed E-state index contributed by atoms with van der Waals surface area (Å²) in [6, 6.07) is 5.46. The maximum absolute atomic E-state index is 6.10. The number of nitrogens with one attached hydrogen (secondary N) is 1. The van der Waals surface area contributed by atoms with Crippen LogP contribution in [0.4, 0.5) is 0 Å². The molecule has 1 fully saturated rings. The fourth-order valence-corrected chi connectivity index (χ4v) is 2.17. The van der Waals surface area contributed by atoms with Crippen molar-refractivity contribution >= 4 is 36.4 Å². The average Bonchev–Trinajstić information content (AvgIpc) is 2.42. The van der Waals surface area contributed by atoms with Crippen molar-refractivity contribution in [2.45, 2.75) is 0 Å². The molecule has 1 aromatic carbocycles. The third-order valence-corrected chi connectivity index (χ3v) is 3.31. The Morgan fingerprint density at radius 1 is 1.25 bits per heavy atom. The van der Waals surface area contributed by atoms with E-state index in [2.05, 4.69) is 10.2 Å². The van der Waals surface area contributed by atoms with Crippen molar-refractivity contribution in [1.29, 1.82) is 0 Å². The van der Waals surface area contributed by atoms with E-state index in [1.54, 1.807) is 13.2 Å². The molecule has 20 heavy (non-hydrogen) atoms. The number of nitrogens with zero attached hydrogens (tertiary/aromatic N) is 1. The summed E-state index contributed by atoms with van der Waals surface area (Å²) in [4.78, 5) is 2.38. The summed E-state index contributed by atoms with van der Waals surface area (Å²) >= 11 is 6.10. The number of benzene rings is 1. The van der Waals surface area contributed by atoms with E-state index in [1.807, 2.05) is 12.1 Å². The van der Waals surface area contributed by atoms with Gasteiger partial charge < -0.3 is 14.8 Å². The number of hydrogen-bond acceptors (Lipinski definition) is 4. The van der Waals surface area contributed by atoms with E-state index in [-0.39, 0.29) is 24.8 Å². The number of methoxy groups -OCH3 is 1. The molecule has 4 nitrogen and oxygen atoms in total. The van der Waals surface area contributed by atoms with Gasteiger partial charge in [0.15, 0.2) is 0 Å². The van der Waals surface area contributed by atoms with E-state index in [1.165, 1.54) is 0 Å². The van der Waals surface area contributed by atoms with Gasteiger partial charge in [0.1, 0.15) is 18.1 Å². The van der Waals surface area contributed by atoms with Gasteiger partial charge in [-0.2, -0.15) is 0 Å². The summed E-state index contributed by atoms with van der Waals surface area (Å²) in [5, 5.41) is 3.92. The molecule has 0 spiro atoms. The Labute approximate surface area is 137 Å². The second-order valence-corrected chi connectivity index (χ2v) is 4.64. The van der Waals surface area contributed by atoms with Crippen LogP contribution in [0.5, 0.6) is 11.5 Å². The topological polar surface area (TPSA) is 33.7 Å². The summed E-state index contributed by atoms with van der Waals surface area (Å²) in [6.45, 7) is 5.88. The number of hydrogen-bond donors (Lipinski definition) is 1. The number of ether oxygens (including phenoxy) is 2. The van der Waals surface area contributed by atoms with Crippen molar-refractivity contribution < 1.29 is 9.47 Å². The largest absolute Gasteiger partial charge is 0.497 e. The zero-order chi connectivity index (χ0) is 12.8. The molecule has 0 amide bonds. The van der Waals surface area contributed by atoms with Crippen LogP contribution in [0.2, 0.25) is 5.02 Å². The summed E-state index contributed by atoms with van der Waals surface area (Å²) in [6.07, 6.45) is 0. The van der Waals surface area contributed by atoms with Crippen LogP contribution in [-0.4, -0.2) is 51.3 Å². The van der Waals surface area contributed by atoms with Gasteiger partial charge in [0.05, 0.1) is 12.1 Å². The third kappa shape index (κ3) is 5.94. The van der Waals surface area contributed by atoms with Crippen molar-refractivity contribution in [3.05, 3.63) is 23.2 Å². The Kier molecular flexibility index (Phi) is 10.2. The molecule has 116 valence electrons. The molecule has 0 aliphatic carbocycles. The van der Waals surface area contributed by atoms with E-state index in [4.69, 9.17) is 21.1 Å². The molecule has 1 aromatic rings. The molecule has 1 N–H and O–H groups in total. The molecule has 0 atom stereocenters. The third-order valence-electron chi connectivity index (χ3n) is 3.01. The summed E-state index contributed by atoms with van der Waals surface area (Å²) in [5.74, 6) is 1.46. The molecule has 1 saturated heterocycles. The number of piperazine rings is 1. The molecule has 0 unspecified atom stereocenters. The molecule has 7 heteroatoms. The van der Waals surface area contributed by atoms with E-state index in [9.17, 15) is 0 Å². The van der Waals surface area contributed by atoms with Gasteiger partial charge in [-0.3, -0.25) is 4.90 Å². The van der Waals surface area contributed by atoms with Gasteiger partial charge in [-0.1, -0.05) is 11.6 Å². The van der Waals surface area contributed by atoms with Gasteiger partial charge in [0.2, 0.25) is 0 Å². The standard InChI is InChI=1S/C13H19ClN2O2.2ClH/c1-17-11-2-3-13(12(14)10-11)18-9-8-16-6-4-15-5-7-16;;/h2-3,10,15H,4-9H2,1H3;2*1H. The first-order chi connectivity index (χ1) is 8.79. The van der Waals surface area contributed by atoms with E-state index < -0.39 is 0 Å². The summed E-state index contributed by atoms with van der Waals surface area (Å²) in [5.41, 5.74) is 0. The Bertz CT molecular complexity index is 388. The Hall–Kier alpha value is -0.390. The van der Waals surface area contributed by atoms with Gasteiger partial charge in [0, 0.05) is 38.8 Å². The van der Waals surface area contributed by atoms with Crippen LogP contribution in [0.25, 0.3) is 0 Å². The Morgan fingerprint density at radius 3 is 2.55 bits per heavy atom. The van der Waals surface area contributed by atoms with Gasteiger partial charge in [0.25, 0.3) is 0 Å². The molecule has 2 rings (SSSR count). The lowest BCUT2D eigenvalue weighted by atomic mass is 10.3. The molecule has 1 aliphatic heterocycles. The first kappa shape index (κ1) is 19.6. The zero-order valence-corrected chi connectivity index (χ0v) is 13.8. The Morgan fingerprint density at radius 2 is 1.95 bits per heavy atom. The first-order valence-corrected chi connectivity index (χ1v) is 6.57. The van der Waals surface area contributed by atoms with E-state index in [0.29, 0.717) is 17.4 Å². The average molecular weight is 344 g/mol. The van der Waals surface area contributed by atoms with Crippen molar-refractivity contribution in [1.82, 2.24) is 10.2 Å². The predicted molar refractivity (Wildman–Crippen MR) is 87.3 cm³/mol. The highest BCUT2D eigenvalue weighted by Crippen LogP contribution is 2.28. The van der Waals surface area contributed by atoms with Crippen LogP contribution < -0.4 is 14.8 Å². The van der Waals surface area contributed by atoms with Crippen LogP contribution in [0.15, 0.2) is 18.2 Å².